The molecule has 1 aromatic heterocycles. The van der Waals surface area contributed by atoms with E-state index in [-0.39, 0.29) is 4.88 Å². The van der Waals surface area contributed by atoms with Crippen molar-refractivity contribution in [3.63, 3.8) is 0 Å². The molecule has 0 aliphatic carbocycles. The summed E-state index contributed by atoms with van der Waals surface area (Å²) in [5, 5.41) is 20.0. The van der Waals surface area contributed by atoms with Gasteiger partial charge in [-0.2, -0.15) is 0 Å². The second-order valence-corrected chi connectivity index (χ2v) is 10.5. The second-order valence-electron chi connectivity index (χ2n) is 5.40. The molecule has 0 radical (unpaired) electrons. The van der Waals surface area contributed by atoms with Crippen LogP contribution in [-0.4, -0.2) is 69.9 Å². The van der Waals surface area contributed by atoms with E-state index in [0.717, 1.165) is 0 Å². The molecule has 2 heterocycles. The fourth-order valence-corrected chi connectivity index (χ4v) is 6.06. The molecule has 2 rings (SSSR count). The molecule has 9 N–H and O–H groups in total. The number of aliphatic hydroxyl groups is 2. The summed E-state index contributed by atoms with van der Waals surface area (Å²) >= 11 is 0.432. The molecule has 0 spiro atoms. The standard InChI is InChI=1S/C9H16FN2O13P3S/c10-3-4(9(11)15)12-29-8(3)7-6(14)5(13)2(23-7)1-22-27(18,19)25-28(20,21)24-26(16)17/h2,5-7,13-14,16-17,20-21,28H,1H2,(H2,11,15)(H,18,19)/t2-,5-,6-,7-/m1/s1. The summed E-state index contributed by atoms with van der Waals surface area (Å²) in [6.07, 6.45) is -6.57. The Morgan fingerprint density at radius 2 is 2.00 bits per heavy atom. The molecule has 168 valence electrons. The molecular formula is C9H16FN2O13P3S. The van der Waals surface area contributed by atoms with E-state index in [2.05, 4.69) is 17.5 Å². The molecule has 1 aliphatic heterocycles. The van der Waals surface area contributed by atoms with E-state index in [0.29, 0.717) is 11.5 Å². The van der Waals surface area contributed by atoms with Gasteiger partial charge < -0.3 is 0 Å². The Hall–Kier alpha value is -0.320. The number of amides is 1. The zero-order valence-corrected chi connectivity index (χ0v) is 17.4. The number of hydrogen-bond donors (Lipinski definition) is 8. The third-order valence-electron chi connectivity index (χ3n) is 3.35. The predicted octanol–water partition coefficient (Wildman–Crippen LogP) is -1.70. The van der Waals surface area contributed by atoms with E-state index in [1.54, 1.807) is 0 Å². The quantitative estimate of drug-likeness (QED) is 0.175. The number of rotatable bonds is 9. The number of primary amides is 1. The van der Waals surface area contributed by atoms with Gasteiger partial charge in [0.15, 0.2) is 0 Å². The molecule has 1 unspecified atom stereocenters. The minimum atomic E-state index is -5.45. The van der Waals surface area contributed by atoms with Crippen molar-refractivity contribution in [1.29, 1.82) is 0 Å². The zero-order chi connectivity index (χ0) is 22.1. The second kappa shape index (κ2) is 9.44. The molecule has 1 aliphatic rings. The number of nitrogens with zero attached hydrogens (tertiary/aromatic N) is 1. The Labute approximate surface area is 166 Å². The van der Waals surface area contributed by atoms with Gasteiger partial charge in [0, 0.05) is 0 Å². The first-order chi connectivity index (χ1) is 13.2. The molecule has 1 saturated heterocycles. The van der Waals surface area contributed by atoms with Gasteiger partial charge in [-0.3, -0.25) is 0 Å². The summed E-state index contributed by atoms with van der Waals surface area (Å²) in [5.74, 6) is -2.34. The Bertz CT molecular complexity index is 796. The molecule has 0 saturated carbocycles. The third kappa shape index (κ3) is 6.33. The minimum absolute atomic E-state index is 0.374. The fourth-order valence-electron chi connectivity index (χ4n) is 2.19. The monoisotopic (exact) mass is 504 g/mol. The maximum atomic E-state index is 14.2. The van der Waals surface area contributed by atoms with Crippen LogP contribution in [-0.2, 0) is 22.4 Å². The summed E-state index contributed by atoms with van der Waals surface area (Å²) in [6, 6.07) is 0. The van der Waals surface area contributed by atoms with Gasteiger partial charge in [-0.15, -0.1) is 0 Å². The van der Waals surface area contributed by atoms with Gasteiger partial charge in [0.25, 0.3) is 0 Å². The number of hydrogen-bond acceptors (Lipinski definition) is 14. The first-order valence-electron chi connectivity index (χ1n) is 7.20. The Balaban J connectivity index is 2.04. The topological polar surface area (TPSA) is 252 Å². The van der Waals surface area contributed by atoms with Crippen molar-refractivity contribution >= 4 is 42.0 Å². The molecule has 1 amide bonds. The normalized spacial score (nSPS) is 27.9. The molecule has 1 aromatic rings. The molecule has 0 bridgehead atoms. The van der Waals surface area contributed by atoms with Crippen molar-refractivity contribution in [3.05, 3.63) is 16.4 Å². The summed E-state index contributed by atoms with van der Waals surface area (Å²) in [6.45, 7) is -0.969. The van der Waals surface area contributed by atoms with Crippen LogP contribution in [0.4, 0.5) is 4.39 Å². The molecule has 29 heavy (non-hydrogen) atoms. The van der Waals surface area contributed by atoms with E-state index in [4.69, 9.17) is 20.3 Å². The SMILES string of the molecule is NC(=O)c1nsc([C@@H]2O[C@H](COP(=O)(O)O[PH](O)(O)OP(O)O)[C@@H](O)[C@H]2O)c1F. The van der Waals surface area contributed by atoms with Gasteiger partial charge >= 0.3 is 166 Å². The first-order valence-corrected chi connectivity index (χ1v) is 12.3. The molecular weight excluding hydrogens is 488 g/mol. The molecule has 15 nitrogen and oxygen atoms in total. The Kier molecular flexibility index (Phi) is 8.12. The molecule has 5 atom stereocenters. The van der Waals surface area contributed by atoms with Crippen molar-refractivity contribution < 1.29 is 66.3 Å². The summed E-state index contributed by atoms with van der Waals surface area (Å²) in [7, 11) is -14.1. The number of phosphoric acid groups is 1. The predicted molar refractivity (Wildman–Crippen MR) is 92.3 cm³/mol. The van der Waals surface area contributed by atoms with Gasteiger partial charge in [-0.05, 0) is 0 Å². The van der Waals surface area contributed by atoms with Crippen LogP contribution in [0.5, 0.6) is 0 Å². The molecule has 1 fully saturated rings. The Morgan fingerprint density at radius 1 is 1.38 bits per heavy atom. The van der Waals surface area contributed by atoms with E-state index in [1.807, 2.05) is 0 Å². The van der Waals surface area contributed by atoms with E-state index < -0.39 is 73.0 Å². The number of carbonyl (C=O) groups excluding carboxylic acids is 1. The van der Waals surface area contributed by atoms with Crippen molar-refractivity contribution in [2.75, 3.05) is 6.61 Å². The first kappa shape index (κ1) is 24.9. The summed E-state index contributed by atoms with van der Waals surface area (Å²) in [5.41, 5.74) is 4.23. The number of aromatic nitrogens is 1. The van der Waals surface area contributed by atoms with E-state index in [9.17, 15) is 38.6 Å². The number of aliphatic hydroxyl groups excluding tert-OH is 2. The van der Waals surface area contributed by atoms with Crippen LogP contribution in [0, 0.1) is 5.82 Å². The van der Waals surface area contributed by atoms with Crippen molar-refractivity contribution in [3.8, 4) is 0 Å². The average molecular weight is 504 g/mol. The number of halogens is 1. The van der Waals surface area contributed by atoms with Crippen molar-refractivity contribution in [2.24, 2.45) is 5.73 Å². The van der Waals surface area contributed by atoms with Gasteiger partial charge in [-0.25, -0.2) is 0 Å². The number of carbonyl (C=O) groups is 1. The summed E-state index contributed by atoms with van der Waals surface area (Å²) < 4.78 is 46.6. The average Bonchev–Trinajstić information content (AvgIpc) is 3.05. The Morgan fingerprint density at radius 3 is 2.52 bits per heavy atom. The third-order valence-corrected chi connectivity index (χ3v) is 8.19. The van der Waals surface area contributed by atoms with Crippen molar-refractivity contribution in [2.45, 2.75) is 24.4 Å². The molecule has 20 heteroatoms. The van der Waals surface area contributed by atoms with Gasteiger partial charge in [0.2, 0.25) is 0 Å². The van der Waals surface area contributed by atoms with Gasteiger partial charge in [0.05, 0.1) is 0 Å². The van der Waals surface area contributed by atoms with Crippen LogP contribution >= 0.6 is 36.1 Å². The number of phosphoric ester groups is 1. The number of ether oxygens (including phenoxy) is 1. The van der Waals surface area contributed by atoms with Crippen LogP contribution in [0.25, 0.3) is 0 Å². The van der Waals surface area contributed by atoms with Crippen LogP contribution in [0.2, 0.25) is 0 Å². The van der Waals surface area contributed by atoms with Crippen LogP contribution in [0.15, 0.2) is 0 Å². The van der Waals surface area contributed by atoms with E-state index in [1.165, 1.54) is 0 Å². The van der Waals surface area contributed by atoms with Crippen molar-refractivity contribution in [1.82, 2.24) is 4.37 Å². The summed E-state index contributed by atoms with van der Waals surface area (Å²) in [4.78, 5) is 55.6. The van der Waals surface area contributed by atoms with Crippen LogP contribution in [0.3, 0.4) is 0 Å². The maximum absolute atomic E-state index is 14.2. The van der Waals surface area contributed by atoms with Gasteiger partial charge in [0.1, 0.15) is 0 Å². The van der Waals surface area contributed by atoms with Crippen LogP contribution < -0.4 is 5.73 Å². The fraction of sp³-hybridized carbons (Fsp3) is 0.556. The number of nitrogens with two attached hydrogens (primary N) is 1. The van der Waals surface area contributed by atoms with E-state index >= 15 is 0 Å². The van der Waals surface area contributed by atoms with Crippen LogP contribution in [0.1, 0.15) is 21.5 Å². The zero-order valence-electron chi connectivity index (χ0n) is 13.8. The molecule has 0 aromatic carbocycles. The van der Waals surface area contributed by atoms with Gasteiger partial charge in [-0.1, -0.05) is 0 Å².